The molecule has 0 amide bonds. The first-order chi connectivity index (χ1) is 9.27. The van der Waals surface area contributed by atoms with Gasteiger partial charge in [-0.25, -0.2) is 17.5 Å². The Balaban J connectivity index is 2.30. The van der Waals surface area contributed by atoms with Crippen molar-refractivity contribution >= 4 is 16.0 Å². The van der Waals surface area contributed by atoms with E-state index in [4.69, 9.17) is 0 Å². The fraction of sp³-hybridized carbons (Fsp3) is 0.462. The first-order valence-corrected chi connectivity index (χ1v) is 7.76. The lowest BCUT2D eigenvalue weighted by molar-refractivity contribution is -0.148. The molecule has 1 aliphatic carbocycles. The number of aliphatic carboxylic acids is 1. The number of sulfonamides is 1. The standard InChI is InChI=1S/C13H16FNO4S/c1-13(12(16)17)8-4-7-11(13)15-20(18,19)10-6-3-2-5-9(10)14/h2-3,5-6,11,15H,4,7-8H2,1H3,(H,16,17). The van der Waals surface area contributed by atoms with Gasteiger partial charge in [-0.3, -0.25) is 4.79 Å². The maximum absolute atomic E-state index is 13.6. The van der Waals surface area contributed by atoms with Crippen LogP contribution >= 0.6 is 0 Å². The number of hydrogen-bond acceptors (Lipinski definition) is 3. The Morgan fingerprint density at radius 3 is 2.70 bits per heavy atom. The van der Waals surface area contributed by atoms with Crippen LogP contribution in [0, 0.1) is 11.2 Å². The van der Waals surface area contributed by atoms with E-state index in [0.717, 1.165) is 12.1 Å². The van der Waals surface area contributed by atoms with Gasteiger partial charge in [0.2, 0.25) is 10.0 Å². The third-order valence-electron chi connectivity index (χ3n) is 3.87. The second kappa shape index (κ2) is 5.14. The molecule has 7 heteroatoms. The van der Waals surface area contributed by atoms with E-state index in [-0.39, 0.29) is 0 Å². The average molecular weight is 301 g/mol. The molecule has 2 N–H and O–H groups in total. The van der Waals surface area contributed by atoms with Crippen molar-refractivity contribution < 1.29 is 22.7 Å². The van der Waals surface area contributed by atoms with E-state index in [2.05, 4.69) is 4.72 Å². The smallest absolute Gasteiger partial charge is 0.310 e. The Morgan fingerprint density at radius 1 is 1.45 bits per heavy atom. The molecule has 1 aromatic carbocycles. The summed E-state index contributed by atoms with van der Waals surface area (Å²) in [6, 6.07) is 4.29. The molecule has 1 fully saturated rings. The number of hydrogen-bond donors (Lipinski definition) is 2. The summed E-state index contributed by atoms with van der Waals surface area (Å²) in [5.41, 5.74) is -1.15. The molecule has 5 nitrogen and oxygen atoms in total. The minimum absolute atomic E-state index is 0.396. The largest absolute Gasteiger partial charge is 0.481 e. The highest BCUT2D eigenvalue weighted by molar-refractivity contribution is 7.89. The van der Waals surface area contributed by atoms with E-state index in [1.165, 1.54) is 19.1 Å². The summed E-state index contributed by atoms with van der Waals surface area (Å²) in [6.07, 6.45) is 1.44. The van der Waals surface area contributed by atoms with Crippen molar-refractivity contribution in [2.75, 3.05) is 0 Å². The van der Waals surface area contributed by atoms with Gasteiger partial charge in [0.05, 0.1) is 5.41 Å². The molecule has 2 unspecified atom stereocenters. The Hall–Kier alpha value is -1.47. The van der Waals surface area contributed by atoms with Crippen LogP contribution in [0.25, 0.3) is 0 Å². The zero-order chi connectivity index (χ0) is 15.0. The first-order valence-electron chi connectivity index (χ1n) is 6.27. The van der Waals surface area contributed by atoms with Gasteiger partial charge >= 0.3 is 5.97 Å². The zero-order valence-electron chi connectivity index (χ0n) is 11.0. The summed E-state index contributed by atoms with van der Waals surface area (Å²) in [5.74, 6) is -1.90. The molecule has 0 aliphatic heterocycles. The maximum atomic E-state index is 13.6. The fourth-order valence-corrected chi connectivity index (χ4v) is 3.99. The van der Waals surface area contributed by atoms with Gasteiger partial charge in [0.1, 0.15) is 10.7 Å². The molecular formula is C13H16FNO4S. The number of benzene rings is 1. The molecule has 0 spiro atoms. The van der Waals surface area contributed by atoms with E-state index in [9.17, 15) is 22.7 Å². The molecule has 1 saturated carbocycles. The van der Waals surface area contributed by atoms with E-state index >= 15 is 0 Å². The molecular weight excluding hydrogens is 285 g/mol. The minimum atomic E-state index is -4.07. The topological polar surface area (TPSA) is 83.5 Å². The summed E-state index contributed by atoms with van der Waals surface area (Å²) in [4.78, 5) is 10.9. The van der Waals surface area contributed by atoms with Crippen molar-refractivity contribution in [3.63, 3.8) is 0 Å². The summed E-state index contributed by atoms with van der Waals surface area (Å²) >= 11 is 0. The van der Waals surface area contributed by atoms with Crippen LogP contribution in [-0.2, 0) is 14.8 Å². The van der Waals surface area contributed by atoms with Crippen LogP contribution in [0.4, 0.5) is 4.39 Å². The summed E-state index contributed by atoms with van der Waals surface area (Å²) in [7, 11) is -4.07. The summed E-state index contributed by atoms with van der Waals surface area (Å²) in [5, 5.41) is 9.26. The monoisotopic (exact) mass is 301 g/mol. The van der Waals surface area contributed by atoms with E-state index in [1.54, 1.807) is 0 Å². The van der Waals surface area contributed by atoms with E-state index < -0.39 is 38.2 Å². The van der Waals surface area contributed by atoms with Crippen LogP contribution in [0.15, 0.2) is 29.2 Å². The lowest BCUT2D eigenvalue weighted by Gasteiger charge is -2.27. The molecule has 0 heterocycles. The number of halogens is 1. The molecule has 0 aromatic heterocycles. The van der Waals surface area contributed by atoms with Gasteiger partial charge in [0.25, 0.3) is 0 Å². The Bertz CT molecular complexity index is 631. The highest BCUT2D eigenvalue weighted by atomic mass is 32.2. The van der Waals surface area contributed by atoms with Crippen LogP contribution in [-0.4, -0.2) is 25.5 Å². The van der Waals surface area contributed by atoms with Crippen LogP contribution in [0.3, 0.4) is 0 Å². The van der Waals surface area contributed by atoms with Gasteiger partial charge in [0, 0.05) is 6.04 Å². The molecule has 0 radical (unpaired) electrons. The minimum Gasteiger partial charge on any atom is -0.481 e. The van der Waals surface area contributed by atoms with Gasteiger partial charge in [-0.05, 0) is 31.9 Å². The molecule has 20 heavy (non-hydrogen) atoms. The van der Waals surface area contributed by atoms with Gasteiger partial charge in [-0.1, -0.05) is 18.6 Å². The third kappa shape index (κ3) is 2.55. The van der Waals surface area contributed by atoms with Gasteiger partial charge in [-0.2, -0.15) is 0 Å². The second-order valence-corrected chi connectivity index (χ2v) is 6.90. The number of carbonyl (C=O) groups is 1. The van der Waals surface area contributed by atoms with E-state index in [1.807, 2.05) is 0 Å². The fourth-order valence-electron chi connectivity index (χ4n) is 2.52. The number of carboxylic acid groups (broad SMARTS) is 1. The van der Waals surface area contributed by atoms with Crippen molar-refractivity contribution in [2.24, 2.45) is 5.41 Å². The zero-order valence-corrected chi connectivity index (χ0v) is 11.8. The molecule has 1 aliphatic rings. The summed E-state index contributed by atoms with van der Waals surface area (Å²) in [6.45, 7) is 1.51. The molecule has 1 aromatic rings. The van der Waals surface area contributed by atoms with Gasteiger partial charge in [-0.15, -0.1) is 0 Å². The lowest BCUT2D eigenvalue weighted by Crippen LogP contribution is -2.47. The van der Waals surface area contributed by atoms with Crippen molar-refractivity contribution in [3.8, 4) is 0 Å². The Morgan fingerprint density at radius 2 is 2.10 bits per heavy atom. The quantitative estimate of drug-likeness (QED) is 0.887. The molecule has 0 saturated heterocycles. The van der Waals surface area contributed by atoms with Crippen LogP contribution in [0.2, 0.25) is 0 Å². The first kappa shape index (κ1) is 14.9. The van der Waals surface area contributed by atoms with E-state index in [0.29, 0.717) is 19.3 Å². The number of rotatable bonds is 4. The maximum Gasteiger partial charge on any atom is 0.310 e. The lowest BCUT2D eigenvalue weighted by atomic mass is 9.85. The van der Waals surface area contributed by atoms with Crippen molar-refractivity contribution in [3.05, 3.63) is 30.1 Å². The highest BCUT2D eigenvalue weighted by Gasteiger charge is 2.47. The Labute approximate surface area is 116 Å². The molecule has 110 valence electrons. The van der Waals surface area contributed by atoms with Crippen molar-refractivity contribution in [1.29, 1.82) is 0 Å². The normalized spacial score (nSPS) is 26.6. The van der Waals surface area contributed by atoms with Crippen LogP contribution < -0.4 is 4.72 Å². The van der Waals surface area contributed by atoms with Gasteiger partial charge in [0.15, 0.2) is 0 Å². The molecule has 0 bridgehead atoms. The average Bonchev–Trinajstić information content (AvgIpc) is 2.72. The predicted molar refractivity (Wildman–Crippen MR) is 70.1 cm³/mol. The third-order valence-corrected chi connectivity index (χ3v) is 5.38. The number of nitrogens with one attached hydrogen (secondary N) is 1. The number of carboxylic acids is 1. The molecule has 2 rings (SSSR count). The molecule has 2 atom stereocenters. The van der Waals surface area contributed by atoms with Crippen molar-refractivity contribution in [1.82, 2.24) is 4.72 Å². The van der Waals surface area contributed by atoms with Crippen LogP contribution in [0.1, 0.15) is 26.2 Å². The summed E-state index contributed by atoms with van der Waals surface area (Å²) < 4.78 is 40.3. The van der Waals surface area contributed by atoms with Crippen molar-refractivity contribution in [2.45, 2.75) is 37.1 Å². The Kier molecular flexibility index (Phi) is 3.84. The SMILES string of the molecule is CC1(C(=O)O)CCCC1NS(=O)(=O)c1ccccc1F. The van der Waals surface area contributed by atoms with Crippen LogP contribution in [0.5, 0.6) is 0 Å². The highest BCUT2D eigenvalue weighted by Crippen LogP contribution is 2.39. The predicted octanol–water partition coefficient (Wildman–Crippen LogP) is 1.75. The second-order valence-electron chi connectivity index (χ2n) is 5.22. The van der Waals surface area contributed by atoms with Gasteiger partial charge < -0.3 is 5.11 Å².